The molecule has 0 aliphatic rings. The molecule has 4 heteroatoms. The van der Waals surface area contributed by atoms with E-state index < -0.39 is 0 Å². The van der Waals surface area contributed by atoms with Crippen LogP contribution in [0.2, 0.25) is 0 Å². The maximum Gasteiger partial charge on any atom is 0.172 e. The van der Waals surface area contributed by atoms with Gasteiger partial charge in [0.05, 0.1) is 5.75 Å². The maximum absolute atomic E-state index is 11.7. The van der Waals surface area contributed by atoms with Gasteiger partial charge in [-0.25, -0.2) is 0 Å². The zero-order valence-electron chi connectivity index (χ0n) is 9.15. The average Bonchev–Trinajstić information content (AvgIpc) is 2.29. The molecule has 0 aromatic heterocycles. The van der Waals surface area contributed by atoms with Crippen molar-refractivity contribution in [2.75, 3.05) is 18.1 Å². The molecule has 1 aromatic rings. The van der Waals surface area contributed by atoms with Crippen molar-refractivity contribution in [3.63, 3.8) is 0 Å². The standard InChI is InChI=1S/C12H15BrO2S/c1-9(6-14)7-16-8-12(15)10-2-4-11(13)5-3-10/h2-5,9,14H,6-8H2,1H3. The lowest BCUT2D eigenvalue weighted by atomic mass is 10.2. The van der Waals surface area contributed by atoms with Gasteiger partial charge >= 0.3 is 0 Å². The van der Waals surface area contributed by atoms with Gasteiger partial charge in [-0.15, -0.1) is 0 Å². The lowest BCUT2D eigenvalue weighted by Gasteiger charge is -2.06. The minimum Gasteiger partial charge on any atom is -0.396 e. The van der Waals surface area contributed by atoms with E-state index in [-0.39, 0.29) is 18.3 Å². The third-order valence-electron chi connectivity index (χ3n) is 2.11. The number of carbonyl (C=O) groups is 1. The van der Waals surface area contributed by atoms with Gasteiger partial charge in [0.1, 0.15) is 0 Å². The fraction of sp³-hybridized carbons (Fsp3) is 0.417. The number of thioether (sulfide) groups is 1. The van der Waals surface area contributed by atoms with E-state index in [1.165, 1.54) is 0 Å². The highest BCUT2D eigenvalue weighted by Crippen LogP contribution is 2.14. The molecule has 16 heavy (non-hydrogen) atoms. The first-order valence-electron chi connectivity index (χ1n) is 5.11. The quantitative estimate of drug-likeness (QED) is 0.821. The number of aliphatic hydroxyl groups excluding tert-OH is 1. The van der Waals surface area contributed by atoms with Crippen molar-refractivity contribution in [2.45, 2.75) is 6.92 Å². The number of Topliss-reactive ketones (excluding diaryl/α,β-unsaturated/α-hetero) is 1. The van der Waals surface area contributed by atoms with Crippen LogP contribution < -0.4 is 0 Å². The Balaban J connectivity index is 2.38. The Hall–Kier alpha value is -0.320. The fourth-order valence-corrected chi connectivity index (χ4v) is 2.37. The molecule has 2 nitrogen and oxygen atoms in total. The molecule has 1 atom stereocenters. The van der Waals surface area contributed by atoms with Gasteiger partial charge in [0.15, 0.2) is 5.78 Å². The summed E-state index contributed by atoms with van der Waals surface area (Å²) in [5.41, 5.74) is 0.743. The molecule has 0 bridgehead atoms. The minimum atomic E-state index is 0.141. The van der Waals surface area contributed by atoms with Crippen LogP contribution >= 0.6 is 27.7 Å². The predicted octanol–water partition coefficient (Wildman–Crippen LogP) is 2.99. The highest BCUT2D eigenvalue weighted by atomic mass is 79.9. The molecule has 1 N–H and O–H groups in total. The van der Waals surface area contributed by atoms with Crippen LogP contribution in [0.4, 0.5) is 0 Å². The Morgan fingerprint density at radius 1 is 1.44 bits per heavy atom. The van der Waals surface area contributed by atoms with Gasteiger partial charge in [-0.05, 0) is 23.8 Å². The summed E-state index contributed by atoms with van der Waals surface area (Å²) >= 11 is 4.90. The van der Waals surface area contributed by atoms with Crippen LogP contribution in [-0.4, -0.2) is 29.0 Å². The van der Waals surface area contributed by atoms with Crippen LogP contribution in [0.5, 0.6) is 0 Å². The summed E-state index contributed by atoms with van der Waals surface area (Å²) in [4.78, 5) is 11.7. The van der Waals surface area contributed by atoms with Crippen molar-refractivity contribution < 1.29 is 9.90 Å². The number of halogens is 1. The molecule has 0 saturated carbocycles. The molecule has 0 radical (unpaired) electrons. The molecule has 0 saturated heterocycles. The molecule has 0 aliphatic carbocycles. The average molecular weight is 303 g/mol. The molecule has 0 heterocycles. The van der Waals surface area contributed by atoms with Gasteiger partial charge in [0.25, 0.3) is 0 Å². The largest absolute Gasteiger partial charge is 0.396 e. The van der Waals surface area contributed by atoms with Crippen molar-refractivity contribution in [1.82, 2.24) is 0 Å². The van der Waals surface area contributed by atoms with Crippen molar-refractivity contribution in [3.05, 3.63) is 34.3 Å². The maximum atomic E-state index is 11.7. The van der Waals surface area contributed by atoms with E-state index in [1.807, 2.05) is 31.2 Å². The fourth-order valence-electron chi connectivity index (χ4n) is 1.12. The van der Waals surface area contributed by atoms with Gasteiger partial charge in [-0.3, -0.25) is 4.79 Å². The van der Waals surface area contributed by atoms with Crippen LogP contribution in [0.15, 0.2) is 28.7 Å². The lowest BCUT2D eigenvalue weighted by Crippen LogP contribution is -2.08. The summed E-state index contributed by atoms with van der Waals surface area (Å²) in [7, 11) is 0. The van der Waals surface area contributed by atoms with Gasteiger partial charge in [0, 0.05) is 16.6 Å². The normalized spacial score (nSPS) is 12.4. The Labute approximate surface area is 109 Å². The monoisotopic (exact) mass is 302 g/mol. The van der Waals surface area contributed by atoms with Crippen LogP contribution in [0.25, 0.3) is 0 Å². The Kier molecular flexibility index (Phi) is 6.09. The SMILES string of the molecule is CC(CO)CSCC(=O)c1ccc(Br)cc1. The molecule has 0 fully saturated rings. The summed E-state index contributed by atoms with van der Waals surface area (Å²) in [5.74, 6) is 1.69. The molecule has 1 rings (SSSR count). The van der Waals surface area contributed by atoms with Gasteiger partial charge < -0.3 is 5.11 Å². The van der Waals surface area contributed by atoms with Crippen LogP contribution in [-0.2, 0) is 0 Å². The summed E-state index contributed by atoms with van der Waals surface area (Å²) in [6.45, 7) is 2.15. The molecule has 1 aromatic carbocycles. The smallest absolute Gasteiger partial charge is 0.172 e. The second-order valence-corrected chi connectivity index (χ2v) is 5.68. The molecule has 0 spiro atoms. The topological polar surface area (TPSA) is 37.3 Å². The first kappa shape index (κ1) is 13.7. The number of carbonyl (C=O) groups excluding carboxylic acids is 1. The molecule has 88 valence electrons. The molecular weight excluding hydrogens is 288 g/mol. The number of hydrogen-bond acceptors (Lipinski definition) is 3. The van der Waals surface area contributed by atoms with E-state index >= 15 is 0 Å². The van der Waals surface area contributed by atoms with Crippen molar-refractivity contribution in [3.8, 4) is 0 Å². The van der Waals surface area contributed by atoms with Gasteiger partial charge in [-0.1, -0.05) is 35.0 Å². The van der Waals surface area contributed by atoms with E-state index in [2.05, 4.69) is 15.9 Å². The minimum absolute atomic E-state index is 0.141. The first-order valence-corrected chi connectivity index (χ1v) is 7.05. The van der Waals surface area contributed by atoms with Gasteiger partial charge in [-0.2, -0.15) is 11.8 Å². The summed E-state index contributed by atoms with van der Waals surface area (Å²) in [6.07, 6.45) is 0. The number of aliphatic hydroxyl groups is 1. The molecule has 1 unspecified atom stereocenters. The Bertz CT molecular complexity index is 337. The van der Waals surface area contributed by atoms with Crippen LogP contribution in [0.3, 0.4) is 0 Å². The number of rotatable bonds is 6. The van der Waals surface area contributed by atoms with Crippen molar-refractivity contribution in [2.24, 2.45) is 5.92 Å². The Morgan fingerprint density at radius 2 is 2.06 bits per heavy atom. The van der Waals surface area contributed by atoms with Crippen molar-refractivity contribution >= 4 is 33.5 Å². The van der Waals surface area contributed by atoms with Crippen LogP contribution in [0, 0.1) is 5.92 Å². The lowest BCUT2D eigenvalue weighted by molar-refractivity contribution is 0.102. The van der Waals surface area contributed by atoms with Crippen molar-refractivity contribution in [1.29, 1.82) is 0 Å². The Morgan fingerprint density at radius 3 is 2.62 bits per heavy atom. The summed E-state index contributed by atoms with van der Waals surface area (Å²) < 4.78 is 0.977. The van der Waals surface area contributed by atoms with E-state index in [1.54, 1.807) is 11.8 Å². The number of benzene rings is 1. The first-order chi connectivity index (χ1) is 7.63. The number of ketones is 1. The number of hydrogen-bond donors (Lipinski definition) is 1. The summed E-state index contributed by atoms with van der Waals surface area (Å²) in [5, 5.41) is 8.84. The van der Waals surface area contributed by atoms with Gasteiger partial charge in [0.2, 0.25) is 0 Å². The zero-order chi connectivity index (χ0) is 12.0. The third-order valence-corrected chi connectivity index (χ3v) is 3.91. The van der Waals surface area contributed by atoms with E-state index in [4.69, 9.17) is 5.11 Å². The molecular formula is C12H15BrO2S. The second kappa shape index (κ2) is 7.09. The summed E-state index contributed by atoms with van der Waals surface area (Å²) in [6, 6.07) is 7.38. The van der Waals surface area contributed by atoms with Crippen LogP contribution in [0.1, 0.15) is 17.3 Å². The highest BCUT2D eigenvalue weighted by molar-refractivity contribution is 9.10. The highest BCUT2D eigenvalue weighted by Gasteiger charge is 2.07. The third kappa shape index (κ3) is 4.68. The molecule has 0 aliphatic heterocycles. The van der Waals surface area contributed by atoms with E-state index in [9.17, 15) is 4.79 Å². The molecule has 0 amide bonds. The predicted molar refractivity (Wildman–Crippen MR) is 72.0 cm³/mol. The second-order valence-electron chi connectivity index (χ2n) is 3.73. The zero-order valence-corrected chi connectivity index (χ0v) is 11.6. The van der Waals surface area contributed by atoms with E-state index in [0.29, 0.717) is 5.75 Å². The van der Waals surface area contributed by atoms with E-state index in [0.717, 1.165) is 15.8 Å².